The van der Waals surface area contributed by atoms with Gasteiger partial charge in [0.1, 0.15) is 5.75 Å². The molecule has 0 spiro atoms. The van der Waals surface area contributed by atoms with Gasteiger partial charge in [-0.2, -0.15) is 4.31 Å². The van der Waals surface area contributed by atoms with Crippen LogP contribution in [0, 0.1) is 0 Å². The summed E-state index contributed by atoms with van der Waals surface area (Å²) in [5.41, 5.74) is 2.05. The van der Waals surface area contributed by atoms with E-state index < -0.39 is 15.9 Å². The van der Waals surface area contributed by atoms with Crippen molar-refractivity contribution in [1.29, 1.82) is 0 Å². The maximum Gasteiger partial charge on any atom is 0.255 e. The molecular formula is C26H29N3O5S. The molecule has 3 aromatic carbocycles. The Balaban J connectivity index is 1.73. The zero-order valence-corrected chi connectivity index (χ0v) is 20.8. The Labute approximate surface area is 206 Å². The highest BCUT2D eigenvalue weighted by Gasteiger charge is 2.23. The minimum absolute atomic E-state index is 0.0637. The van der Waals surface area contributed by atoms with Crippen LogP contribution in [0.5, 0.6) is 5.75 Å². The van der Waals surface area contributed by atoms with Gasteiger partial charge in [0.05, 0.1) is 24.1 Å². The summed E-state index contributed by atoms with van der Waals surface area (Å²) in [6.45, 7) is 4.20. The van der Waals surface area contributed by atoms with E-state index in [4.69, 9.17) is 4.74 Å². The Morgan fingerprint density at radius 2 is 1.54 bits per heavy atom. The Kier molecular flexibility index (Phi) is 8.62. The summed E-state index contributed by atoms with van der Waals surface area (Å²) >= 11 is 0. The summed E-state index contributed by atoms with van der Waals surface area (Å²) in [6.07, 6.45) is 0.246. The zero-order valence-electron chi connectivity index (χ0n) is 19.9. The van der Waals surface area contributed by atoms with Gasteiger partial charge in [0.2, 0.25) is 15.9 Å². The summed E-state index contributed by atoms with van der Waals surface area (Å²) in [4.78, 5) is 25.2. The number of nitrogens with one attached hydrogen (secondary N) is 2. The Hall–Kier alpha value is -3.69. The fourth-order valence-electron chi connectivity index (χ4n) is 3.54. The van der Waals surface area contributed by atoms with Gasteiger partial charge in [-0.3, -0.25) is 9.59 Å². The number of rotatable bonds is 10. The van der Waals surface area contributed by atoms with Crippen LogP contribution in [0.25, 0.3) is 0 Å². The molecule has 0 bridgehead atoms. The van der Waals surface area contributed by atoms with Crippen molar-refractivity contribution in [1.82, 2.24) is 4.31 Å². The second-order valence-electron chi connectivity index (χ2n) is 7.69. The molecule has 2 N–H and O–H groups in total. The maximum absolute atomic E-state index is 12.9. The summed E-state index contributed by atoms with van der Waals surface area (Å²) in [6, 6.07) is 20.2. The van der Waals surface area contributed by atoms with Crippen molar-refractivity contribution >= 4 is 33.2 Å². The van der Waals surface area contributed by atoms with Crippen LogP contribution in [0.2, 0.25) is 0 Å². The number of ether oxygens (including phenoxy) is 1. The lowest BCUT2D eigenvalue weighted by Gasteiger charge is -2.19. The van der Waals surface area contributed by atoms with Crippen LogP contribution in [-0.4, -0.2) is 44.7 Å². The van der Waals surface area contributed by atoms with Crippen LogP contribution in [0.4, 0.5) is 11.4 Å². The lowest BCUT2D eigenvalue weighted by Crippen LogP contribution is -2.30. The third-order valence-electron chi connectivity index (χ3n) is 5.40. The van der Waals surface area contributed by atoms with E-state index in [2.05, 4.69) is 10.6 Å². The van der Waals surface area contributed by atoms with Crippen molar-refractivity contribution in [3.8, 4) is 5.75 Å². The van der Waals surface area contributed by atoms with E-state index in [-0.39, 0.29) is 22.9 Å². The first kappa shape index (κ1) is 25.9. The molecule has 0 unspecified atom stereocenters. The van der Waals surface area contributed by atoms with Crippen LogP contribution >= 0.6 is 0 Å². The third kappa shape index (κ3) is 6.46. The number of amides is 2. The third-order valence-corrected chi connectivity index (χ3v) is 7.45. The first-order valence-electron chi connectivity index (χ1n) is 11.2. The molecule has 184 valence electrons. The summed E-state index contributed by atoms with van der Waals surface area (Å²) in [7, 11) is -2.26. The van der Waals surface area contributed by atoms with Gasteiger partial charge in [0.25, 0.3) is 5.91 Å². The number of nitrogens with zero attached hydrogens (tertiary/aromatic N) is 1. The molecule has 35 heavy (non-hydrogen) atoms. The molecule has 0 aliphatic rings. The van der Waals surface area contributed by atoms with E-state index in [0.717, 1.165) is 5.56 Å². The van der Waals surface area contributed by atoms with Crippen LogP contribution in [0.3, 0.4) is 0 Å². The van der Waals surface area contributed by atoms with Crippen molar-refractivity contribution in [3.63, 3.8) is 0 Å². The molecule has 0 radical (unpaired) electrons. The first-order chi connectivity index (χ1) is 16.8. The fourth-order valence-corrected chi connectivity index (χ4v) is 5.03. The summed E-state index contributed by atoms with van der Waals surface area (Å²) < 4.78 is 32.4. The fraction of sp³-hybridized carbons (Fsp3) is 0.231. The molecule has 3 rings (SSSR count). The van der Waals surface area contributed by atoms with Crippen LogP contribution in [-0.2, 0) is 21.2 Å². The number of hydrogen-bond donors (Lipinski definition) is 2. The second-order valence-corrected chi connectivity index (χ2v) is 9.63. The van der Waals surface area contributed by atoms with Gasteiger partial charge in [0.15, 0.2) is 0 Å². The molecule has 0 aliphatic carbocycles. The van der Waals surface area contributed by atoms with E-state index in [9.17, 15) is 18.0 Å². The van der Waals surface area contributed by atoms with Crippen LogP contribution < -0.4 is 15.4 Å². The number of hydrogen-bond acceptors (Lipinski definition) is 5. The monoisotopic (exact) mass is 495 g/mol. The standard InChI is InChI=1S/C26H29N3O5S/c1-4-29(5-2)35(32,33)22-15-16-24(34-3)23(18-22)28-26(31)20-11-13-21(14-12-20)27-25(30)17-19-9-7-6-8-10-19/h6-16,18H,4-5,17H2,1-3H3,(H,27,30)(H,28,31). The molecule has 0 aromatic heterocycles. The Morgan fingerprint density at radius 3 is 2.14 bits per heavy atom. The van der Waals surface area contributed by atoms with Gasteiger partial charge in [0, 0.05) is 24.3 Å². The van der Waals surface area contributed by atoms with Gasteiger partial charge in [-0.05, 0) is 48.0 Å². The van der Waals surface area contributed by atoms with E-state index in [1.54, 1.807) is 38.1 Å². The predicted octanol–water partition coefficient (Wildman–Crippen LogP) is 4.16. The molecule has 0 aliphatic heterocycles. The Bertz CT molecular complexity index is 1270. The highest BCUT2D eigenvalue weighted by molar-refractivity contribution is 7.89. The molecule has 0 fully saturated rings. The summed E-state index contributed by atoms with van der Waals surface area (Å²) in [5, 5.41) is 5.53. The highest BCUT2D eigenvalue weighted by atomic mass is 32.2. The van der Waals surface area contributed by atoms with Gasteiger partial charge in [-0.15, -0.1) is 0 Å². The minimum Gasteiger partial charge on any atom is -0.495 e. The van der Waals surface area contributed by atoms with Crippen molar-refractivity contribution < 1.29 is 22.7 Å². The molecule has 2 amide bonds. The molecular weight excluding hydrogens is 466 g/mol. The lowest BCUT2D eigenvalue weighted by molar-refractivity contribution is -0.115. The Morgan fingerprint density at radius 1 is 0.886 bits per heavy atom. The van der Waals surface area contributed by atoms with Crippen LogP contribution in [0.15, 0.2) is 77.7 Å². The normalized spacial score (nSPS) is 11.2. The number of anilines is 2. The highest BCUT2D eigenvalue weighted by Crippen LogP contribution is 2.29. The van der Waals surface area contributed by atoms with Gasteiger partial charge in [-0.1, -0.05) is 44.2 Å². The number of carbonyl (C=O) groups is 2. The average molecular weight is 496 g/mol. The topological polar surface area (TPSA) is 105 Å². The van der Waals surface area contributed by atoms with E-state index in [0.29, 0.717) is 30.1 Å². The van der Waals surface area contributed by atoms with Crippen molar-refractivity contribution in [2.24, 2.45) is 0 Å². The van der Waals surface area contributed by atoms with Crippen molar-refractivity contribution in [3.05, 3.63) is 83.9 Å². The molecule has 9 heteroatoms. The molecule has 0 atom stereocenters. The maximum atomic E-state index is 12.9. The van der Waals surface area contributed by atoms with Gasteiger partial charge in [-0.25, -0.2) is 8.42 Å². The average Bonchev–Trinajstić information content (AvgIpc) is 2.85. The summed E-state index contributed by atoms with van der Waals surface area (Å²) in [5.74, 6) is -0.270. The molecule has 8 nitrogen and oxygen atoms in total. The SMILES string of the molecule is CCN(CC)S(=O)(=O)c1ccc(OC)c(NC(=O)c2ccc(NC(=O)Cc3ccccc3)cc2)c1. The largest absolute Gasteiger partial charge is 0.495 e. The van der Waals surface area contributed by atoms with Crippen LogP contribution in [0.1, 0.15) is 29.8 Å². The molecule has 0 saturated carbocycles. The first-order valence-corrected chi connectivity index (χ1v) is 12.7. The smallest absolute Gasteiger partial charge is 0.255 e. The number of sulfonamides is 1. The second kappa shape index (κ2) is 11.6. The number of methoxy groups -OCH3 is 1. The van der Waals surface area contributed by atoms with E-state index >= 15 is 0 Å². The zero-order chi connectivity index (χ0) is 25.4. The van der Waals surface area contributed by atoms with E-state index in [1.165, 1.54) is 29.6 Å². The predicted molar refractivity (Wildman–Crippen MR) is 136 cm³/mol. The molecule has 3 aromatic rings. The van der Waals surface area contributed by atoms with E-state index in [1.807, 2.05) is 30.3 Å². The van der Waals surface area contributed by atoms with Gasteiger partial charge >= 0.3 is 0 Å². The molecule has 0 heterocycles. The molecule has 0 saturated heterocycles. The quantitative estimate of drug-likeness (QED) is 0.440. The van der Waals surface area contributed by atoms with Crippen molar-refractivity contribution in [2.45, 2.75) is 25.2 Å². The van der Waals surface area contributed by atoms with Gasteiger partial charge < -0.3 is 15.4 Å². The number of benzene rings is 3. The minimum atomic E-state index is -3.70. The van der Waals surface area contributed by atoms with Crippen molar-refractivity contribution in [2.75, 3.05) is 30.8 Å². The lowest BCUT2D eigenvalue weighted by atomic mass is 10.1. The number of carbonyl (C=O) groups excluding carboxylic acids is 2.